The third kappa shape index (κ3) is 1.71. The van der Waals surface area contributed by atoms with E-state index in [0.29, 0.717) is 5.92 Å². The largest absolute Gasteiger partial charge is 0.385 e. The molecule has 0 radical (unpaired) electrons. The van der Waals surface area contributed by atoms with Gasteiger partial charge in [-0.3, -0.25) is 4.68 Å². The number of benzene rings is 1. The Balaban J connectivity index is 2.17. The molecule has 0 unspecified atom stereocenters. The first-order valence-electron chi connectivity index (χ1n) is 6.11. The number of nitrogens with zero attached hydrogens (tertiary/aromatic N) is 2. The first kappa shape index (κ1) is 10.4. The summed E-state index contributed by atoms with van der Waals surface area (Å²) in [6, 6.07) is 6.48. The summed E-state index contributed by atoms with van der Waals surface area (Å²) in [5.41, 5.74) is 5.24. The SMILES string of the molecule is C[C@@H]1CCNc2cccc(-c3cnn(C)c3)c21. The van der Waals surface area contributed by atoms with Gasteiger partial charge in [-0.2, -0.15) is 5.10 Å². The predicted octanol–water partition coefficient (Wildman–Crippen LogP) is 3.01. The highest BCUT2D eigenvalue weighted by molar-refractivity contribution is 5.75. The molecule has 0 fully saturated rings. The summed E-state index contributed by atoms with van der Waals surface area (Å²) >= 11 is 0. The van der Waals surface area contributed by atoms with Crippen LogP contribution in [0.3, 0.4) is 0 Å². The third-order valence-electron chi connectivity index (χ3n) is 3.51. The summed E-state index contributed by atoms with van der Waals surface area (Å²) in [5, 5.41) is 7.75. The van der Waals surface area contributed by atoms with Crippen LogP contribution < -0.4 is 5.32 Å². The van der Waals surface area contributed by atoms with E-state index < -0.39 is 0 Å². The molecule has 17 heavy (non-hydrogen) atoms. The third-order valence-corrected chi connectivity index (χ3v) is 3.51. The number of hydrogen-bond acceptors (Lipinski definition) is 2. The van der Waals surface area contributed by atoms with Crippen molar-refractivity contribution < 1.29 is 0 Å². The van der Waals surface area contributed by atoms with E-state index in [2.05, 4.69) is 41.7 Å². The van der Waals surface area contributed by atoms with Gasteiger partial charge in [-0.1, -0.05) is 19.1 Å². The van der Waals surface area contributed by atoms with Gasteiger partial charge in [-0.25, -0.2) is 0 Å². The van der Waals surface area contributed by atoms with E-state index >= 15 is 0 Å². The van der Waals surface area contributed by atoms with E-state index in [1.165, 1.54) is 28.8 Å². The number of aromatic nitrogens is 2. The molecular weight excluding hydrogens is 210 g/mol. The quantitative estimate of drug-likeness (QED) is 0.811. The van der Waals surface area contributed by atoms with E-state index in [9.17, 15) is 0 Å². The van der Waals surface area contributed by atoms with Gasteiger partial charge < -0.3 is 5.32 Å². The van der Waals surface area contributed by atoms with Gasteiger partial charge in [-0.05, 0) is 29.5 Å². The molecule has 88 valence electrons. The molecule has 0 saturated heterocycles. The fourth-order valence-corrected chi connectivity index (χ4v) is 2.63. The Kier molecular flexibility index (Phi) is 2.39. The lowest BCUT2D eigenvalue weighted by molar-refractivity contribution is 0.685. The molecule has 1 aromatic carbocycles. The van der Waals surface area contributed by atoms with E-state index in [0.717, 1.165) is 6.54 Å². The van der Waals surface area contributed by atoms with E-state index in [-0.39, 0.29) is 0 Å². The minimum atomic E-state index is 0.614. The number of nitrogens with one attached hydrogen (secondary N) is 1. The first-order chi connectivity index (χ1) is 8.25. The van der Waals surface area contributed by atoms with Crippen molar-refractivity contribution in [3.8, 4) is 11.1 Å². The molecule has 1 aliphatic rings. The molecule has 1 aliphatic heterocycles. The number of anilines is 1. The van der Waals surface area contributed by atoms with E-state index in [1.54, 1.807) is 0 Å². The Hall–Kier alpha value is -1.77. The van der Waals surface area contributed by atoms with Crippen molar-refractivity contribution in [2.24, 2.45) is 7.05 Å². The second kappa shape index (κ2) is 3.91. The molecule has 3 rings (SSSR count). The highest BCUT2D eigenvalue weighted by Crippen LogP contribution is 2.38. The Bertz CT molecular complexity index is 542. The minimum absolute atomic E-state index is 0.614. The van der Waals surface area contributed by atoms with Crippen LogP contribution in [0.25, 0.3) is 11.1 Å². The molecule has 3 heteroatoms. The normalized spacial score (nSPS) is 18.6. The molecule has 1 atom stereocenters. The van der Waals surface area contributed by atoms with Crippen LogP contribution in [0.5, 0.6) is 0 Å². The van der Waals surface area contributed by atoms with Crippen molar-refractivity contribution in [1.82, 2.24) is 9.78 Å². The summed E-state index contributed by atoms with van der Waals surface area (Å²) < 4.78 is 1.86. The standard InChI is InChI=1S/C14H17N3/c1-10-6-7-15-13-5-3-4-12(14(10)13)11-8-16-17(2)9-11/h3-5,8-10,15H,6-7H2,1-2H3/t10-/m1/s1. The smallest absolute Gasteiger partial charge is 0.0568 e. The van der Waals surface area contributed by atoms with Crippen molar-refractivity contribution in [2.75, 3.05) is 11.9 Å². The topological polar surface area (TPSA) is 29.9 Å². The van der Waals surface area contributed by atoms with Gasteiger partial charge in [0.15, 0.2) is 0 Å². The molecular formula is C14H17N3. The second-order valence-corrected chi connectivity index (χ2v) is 4.79. The molecule has 0 bridgehead atoms. The fourth-order valence-electron chi connectivity index (χ4n) is 2.63. The lowest BCUT2D eigenvalue weighted by atomic mass is 9.87. The van der Waals surface area contributed by atoms with Gasteiger partial charge in [0, 0.05) is 31.0 Å². The van der Waals surface area contributed by atoms with E-state index in [1.807, 2.05) is 17.9 Å². The highest BCUT2D eigenvalue weighted by Gasteiger charge is 2.20. The average molecular weight is 227 g/mol. The van der Waals surface area contributed by atoms with Crippen molar-refractivity contribution >= 4 is 5.69 Å². The molecule has 3 nitrogen and oxygen atoms in total. The van der Waals surface area contributed by atoms with Crippen LogP contribution in [-0.4, -0.2) is 16.3 Å². The second-order valence-electron chi connectivity index (χ2n) is 4.79. The van der Waals surface area contributed by atoms with Crippen LogP contribution in [0, 0.1) is 0 Å². The lowest BCUT2D eigenvalue weighted by Crippen LogP contribution is -2.15. The van der Waals surface area contributed by atoms with Crippen LogP contribution in [-0.2, 0) is 7.05 Å². The van der Waals surface area contributed by atoms with Gasteiger partial charge in [0.1, 0.15) is 0 Å². The van der Waals surface area contributed by atoms with Crippen LogP contribution >= 0.6 is 0 Å². The summed E-state index contributed by atoms with van der Waals surface area (Å²) in [4.78, 5) is 0. The van der Waals surface area contributed by atoms with Gasteiger partial charge in [0.25, 0.3) is 0 Å². The summed E-state index contributed by atoms with van der Waals surface area (Å²) in [6.07, 6.45) is 5.22. The van der Waals surface area contributed by atoms with Gasteiger partial charge in [0.05, 0.1) is 6.20 Å². The molecule has 1 N–H and O–H groups in total. The van der Waals surface area contributed by atoms with E-state index in [4.69, 9.17) is 0 Å². The Morgan fingerprint density at radius 3 is 3.06 bits per heavy atom. The van der Waals surface area contributed by atoms with Crippen molar-refractivity contribution in [3.05, 3.63) is 36.2 Å². The lowest BCUT2D eigenvalue weighted by Gasteiger charge is -2.26. The maximum absolute atomic E-state index is 4.26. The van der Waals surface area contributed by atoms with Crippen LogP contribution in [0.1, 0.15) is 24.8 Å². The fraction of sp³-hybridized carbons (Fsp3) is 0.357. The summed E-state index contributed by atoms with van der Waals surface area (Å²) in [5.74, 6) is 0.614. The molecule has 2 heterocycles. The Morgan fingerprint density at radius 2 is 2.29 bits per heavy atom. The molecule has 0 aliphatic carbocycles. The van der Waals surface area contributed by atoms with Gasteiger partial charge >= 0.3 is 0 Å². The van der Waals surface area contributed by atoms with Crippen LogP contribution in [0.2, 0.25) is 0 Å². The number of aryl methyl sites for hydroxylation is 1. The monoisotopic (exact) mass is 227 g/mol. The molecule has 0 saturated carbocycles. The number of hydrogen-bond donors (Lipinski definition) is 1. The maximum Gasteiger partial charge on any atom is 0.0568 e. The predicted molar refractivity (Wildman–Crippen MR) is 70.2 cm³/mol. The Morgan fingerprint density at radius 1 is 1.41 bits per heavy atom. The maximum atomic E-state index is 4.26. The molecule has 0 spiro atoms. The van der Waals surface area contributed by atoms with Crippen molar-refractivity contribution in [1.29, 1.82) is 0 Å². The zero-order valence-electron chi connectivity index (χ0n) is 10.3. The average Bonchev–Trinajstić information content (AvgIpc) is 2.75. The summed E-state index contributed by atoms with van der Waals surface area (Å²) in [6.45, 7) is 3.38. The highest BCUT2D eigenvalue weighted by atomic mass is 15.2. The minimum Gasteiger partial charge on any atom is -0.385 e. The van der Waals surface area contributed by atoms with Crippen LogP contribution in [0.15, 0.2) is 30.6 Å². The van der Waals surface area contributed by atoms with Gasteiger partial charge in [0.2, 0.25) is 0 Å². The van der Waals surface area contributed by atoms with Crippen molar-refractivity contribution in [3.63, 3.8) is 0 Å². The first-order valence-corrected chi connectivity index (χ1v) is 6.11. The zero-order valence-corrected chi connectivity index (χ0v) is 10.3. The van der Waals surface area contributed by atoms with Crippen molar-refractivity contribution in [2.45, 2.75) is 19.3 Å². The zero-order chi connectivity index (χ0) is 11.8. The van der Waals surface area contributed by atoms with Gasteiger partial charge in [-0.15, -0.1) is 0 Å². The Labute approximate surface area is 101 Å². The number of rotatable bonds is 1. The molecule has 1 aromatic heterocycles. The summed E-state index contributed by atoms with van der Waals surface area (Å²) in [7, 11) is 1.96. The number of fused-ring (bicyclic) bond motifs is 1. The molecule has 2 aromatic rings. The molecule has 0 amide bonds. The van der Waals surface area contributed by atoms with Crippen LogP contribution in [0.4, 0.5) is 5.69 Å².